The predicted molar refractivity (Wildman–Crippen MR) is 78.2 cm³/mol. The van der Waals surface area contributed by atoms with Crippen molar-refractivity contribution in [2.24, 2.45) is 0 Å². The second kappa shape index (κ2) is 8.15. The molecule has 0 radical (unpaired) electrons. The molecule has 0 bridgehead atoms. The van der Waals surface area contributed by atoms with Crippen LogP contribution in [-0.2, 0) is 0 Å². The van der Waals surface area contributed by atoms with Gasteiger partial charge < -0.3 is 5.32 Å². The number of hydrogen-bond acceptors (Lipinski definition) is 2. The molecule has 16 heavy (non-hydrogen) atoms. The van der Waals surface area contributed by atoms with Crippen molar-refractivity contribution in [1.82, 2.24) is 5.32 Å². The summed E-state index contributed by atoms with van der Waals surface area (Å²) in [5.41, 5.74) is 1.34. The molecule has 90 valence electrons. The number of rotatable bonds is 7. The van der Waals surface area contributed by atoms with Gasteiger partial charge in [0.25, 0.3) is 0 Å². The van der Waals surface area contributed by atoms with Crippen LogP contribution in [0.25, 0.3) is 0 Å². The number of halogens is 1. The van der Waals surface area contributed by atoms with Crippen molar-refractivity contribution in [2.75, 3.05) is 18.1 Å². The highest BCUT2D eigenvalue weighted by molar-refractivity contribution is 9.10. The number of benzene rings is 1. The number of hydrogen-bond donors (Lipinski definition) is 1. The first-order chi connectivity index (χ1) is 7.75. The monoisotopic (exact) mass is 301 g/mol. The van der Waals surface area contributed by atoms with Gasteiger partial charge in [0.1, 0.15) is 0 Å². The Hall–Kier alpha value is 0.01000. The topological polar surface area (TPSA) is 12.0 Å². The predicted octanol–water partition coefficient (Wildman–Crippen LogP) is 4.24. The zero-order valence-corrected chi connectivity index (χ0v) is 12.4. The quantitative estimate of drug-likeness (QED) is 0.756. The van der Waals surface area contributed by atoms with Crippen molar-refractivity contribution in [2.45, 2.75) is 26.3 Å². The average molecular weight is 302 g/mol. The maximum absolute atomic E-state index is 3.59. The Labute approximate surface area is 112 Å². The second-order valence-electron chi connectivity index (χ2n) is 3.75. The van der Waals surface area contributed by atoms with E-state index in [1.165, 1.54) is 28.0 Å². The molecule has 1 aromatic rings. The summed E-state index contributed by atoms with van der Waals surface area (Å²) >= 11 is 5.60. The van der Waals surface area contributed by atoms with Gasteiger partial charge in [-0.05, 0) is 43.0 Å². The van der Waals surface area contributed by atoms with Gasteiger partial charge >= 0.3 is 0 Å². The van der Waals surface area contributed by atoms with Crippen molar-refractivity contribution in [3.05, 3.63) is 34.3 Å². The maximum Gasteiger partial charge on any atom is 0.0302 e. The lowest BCUT2D eigenvalue weighted by atomic mass is 10.1. The molecule has 1 N–H and O–H groups in total. The van der Waals surface area contributed by atoms with Crippen LogP contribution in [0, 0.1) is 0 Å². The van der Waals surface area contributed by atoms with Gasteiger partial charge in [-0.15, -0.1) is 0 Å². The first kappa shape index (κ1) is 14.1. The molecule has 1 atom stereocenters. The van der Waals surface area contributed by atoms with Crippen LogP contribution in [-0.4, -0.2) is 18.1 Å². The largest absolute Gasteiger partial charge is 0.310 e. The molecule has 0 spiro atoms. The van der Waals surface area contributed by atoms with Crippen molar-refractivity contribution in [3.8, 4) is 0 Å². The summed E-state index contributed by atoms with van der Waals surface area (Å²) < 4.78 is 1.19. The van der Waals surface area contributed by atoms with E-state index in [0.717, 1.165) is 6.54 Å². The first-order valence-electron chi connectivity index (χ1n) is 5.81. The third kappa shape index (κ3) is 4.89. The molecule has 0 amide bonds. The van der Waals surface area contributed by atoms with Crippen molar-refractivity contribution >= 4 is 27.7 Å². The molecule has 1 nitrogen and oxygen atoms in total. The normalized spacial score (nSPS) is 12.7. The molecule has 0 aliphatic carbocycles. The summed E-state index contributed by atoms with van der Waals surface area (Å²) in [6, 6.07) is 8.83. The van der Waals surface area contributed by atoms with Crippen LogP contribution in [0.15, 0.2) is 28.7 Å². The van der Waals surface area contributed by atoms with E-state index in [1.54, 1.807) is 0 Å². The fourth-order valence-corrected chi connectivity index (χ4v) is 2.84. The third-order valence-corrected chi connectivity index (χ3v) is 4.20. The average Bonchev–Trinajstić information content (AvgIpc) is 2.29. The van der Waals surface area contributed by atoms with E-state index in [4.69, 9.17) is 0 Å². The van der Waals surface area contributed by atoms with Crippen LogP contribution >= 0.6 is 27.7 Å². The third-order valence-electron chi connectivity index (χ3n) is 2.49. The van der Waals surface area contributed by atoms with E-state index in [0.29, 0.717) is 6.04 Å². The molecule has 1 unspecified atom stereocenters. The van der Waals surface area contributed by atoms with E-state index in [1.807, 2.05) is 11.8 Å². The van der Waals surface area contributed by atoms with E-state index < -0.39 is 0 Å². The van der Waals surface area contributed by atoms with Gasteiger partial charge in [-0.25, -0.2) is 0 Å². The Morgan fingerprint density at radius 3 is 2.81 bits per heavy atom. The second-order valence-corrected chi connectivity index (χ2v) is 6.00. The fraction of sp³-hybridized carbons (Fsp3) is 0.538. The summed E-state index contributed by atoms with van der Waals surface area (Å²) in [4.78, 5) is 0. The Kier molecular flexibility index (Phi) is 7.17. The minimum atomic E-state index is 0.419. The molecule has 0 saturated heterocycles. The fourth-order valence-electron chi connectivity index (χ4n) is 1.57. The van der Waals surface area contributed by atoms with Crippen LogP contribution in [0.4, 0.5) is 0 Å². The summed E-state index contributed by atoms with van der Waals surface area (Å²) in [5, 5.41) is 3.56. The molecule has 1 aromatic carbocycles. The van der Waals surface area contributed by atoms with Crippen LogP contribution in [0.1, 0.15) is 31.9 Å². The Morgan fingerprint density at radius 2 is 2.12 bits per heavy atom. The molecule has 0 aliphatic rings. The molecular formula is C13H20BrNS. The molecule has 3 heteroatoms. The van der Waals surface area contributed by atoms with Gasteiger partial charge in [0, 0.05) is 10.5 Å². The van der Waals surface area contributed by atoms with Gasteiger partial charge in [0.2, 0.25) is 0 Å². The lowest BCUT2D eigenvalue weighted by molar-refractivity contribution is 0.571. The van der Waals surface area contributed by atoms with Gasteiger partial charge in [-0.1, -0.05) is 41.1 Å². The first-order valence-corrected chi connectivity index (χ1v) is 7.76. The van der Waals surface area contributed by atoms with E-state index in [-0.39, 0.29) is 0 Å². The molecule has 0 aromatic heterocycles. The summed E-state index contributed by atoms with van der Waals surface area (Å²) in [5.74, 6) is 2.48. The molecule has 0 saturated carbocycles. The zero-order valence-electron chi connectivity index (χ0n) is 10.0. The van der Waals surface area contributed by atoms with Crippen molar-refractivity contribution in [1.29, 1.82) is 0 Å². The summed E-state index contributed by atoms with van der Waals surface area (Å²) in [6.07, 6.45) is 1.24. The minimum absolute atomic E-state index is 0.419. The van der Waals surface area contributed by atoms with Crippen LogP contribution < -0.4 is 5.32 Å². The Morgan fingerprint density at radius 1 is 1.38 bits per heavy atom. The van der Waals surface area contributed by atoms with Crippen molar-refractivity contribution in [3.63, 3.8) is 0 Å². The summed E-state index contributed by atoms with van der Waals surface area (Å²) in [6.45, 7) is 5.52. The van der Waals surface area contributed by atoms with Crippen LogP contribution in [0.5, 0.6) is 0 Å². The van der Waals surface area contributed by atoms with E-state index in [9.17, 15) is 0 Å². The molecule has 1 rings (SSSR count). The smallest absolute Gasteiger partial charge is 0.0302 e. The standard InChI is InChI=1S/C13H20BrNS/c1-3-16-10-6-9-15-11(2)12-7-4-5-8-13(12)14/h4-5,7-8,11,15H,3,6,9-10H2,1-2H3. The number of nitrogens with one attached hydrogen (secondary N) is 1. The van der Waals surface area contributed by atoms with Gasteiger partial charge in [0.05, 0.1) is 0 Å². The SMILES string of the molecule is CCSCCCNC(C)c1ccccc1Br. The van der Waals surface area contributed by atoms with Crippen LogP contribution in [0.3, 0.4) is 0 Å². The molecule has 0 aliphatic heterocycles. The van der Waals surface area contributed by atoms with E-state index in [2.05, 4.69) is 59.4 Å². The molecular weight excluding hydrogens is 282 g/mol. The lowest BCUT2D eigenvalue weighted by Gasteiger charge is -2.15. The Bertz CT molecular complexity index is 304. The highest BCUT2D eigenvalue weighted by Gasteiger charge is 2.06. The van der Waals surface area contributed by atoms with Crippen molar-refractivity contribution < 1.29 is 0 Å². The van der Waals surface area contributed by atoms with Gasteiger partial charge in [-0.2, -0.15) is 11.8 Å². The molecule has 0 heterocycles. The molecule has 0 fully saturated rings. The minimum Gasteiger partial charge on any atom is -0.310 e. The highest BCUT2D eigenvalue weighted by atomic mass is 79.9. The summed E-state index contributed by atoms with van der Waals surface area (Å²) in [7, 11) is 0. The Balaban J connectivity index is 2.30. The van der Waals surface area contributed by atoms with Gasteiger partial charge in [-0.3, -0.25) is 0 Å². The highest BCUT2D eigenvalue weighted by Crippen LogP contribution is 2.22. The maximum atomic E-state index is 3.59. The zero-order chi connectivity index (χ0) is 11.8. The lowest BCUT2D eigenvalue weighted by Crippen LogP contribution is -2.20. The van der Waals surface area contributed by atoms with Gasteiger partial charge in [0.15, 0.2) is 0 Å². The van der Waals surface area contributed by atoms with E-state index >= 15 is 0 Å². The van der Waals surface area contributed by atoms with Crippen LogP contribution in [0.2, 0.25) is 0 Å². The number of thioether (sulfide) groups is 1.